The van der Waals surface area contributed by atoms with Crippen LogP contribution < -0.4 is 0 Å². The van der Waals surface area contributed by atoms with Crippen molar-refractivity contribution < 1.29 is 0 Å². The monoisotopic (exact) mass is 117 g/mol. The Balaban J connectivity index is 2.46. The highest BCUT2D eigenvalue weighted by Gasteiger charge is 2.06. The van der Waals surface area contributed by atoms with E-state index in [1.54, 1.807) is 0 Å². The van der Waals surface area contributed by atoms with Gasteiger partial charge in [0.2, 0.25) is 0 Å². The molecule has 1 nitrogen and oxygen atoms in total. The first-order chi connectivity index (χ1) is 4.47. The quantitative estimate of drug-likeness (QED) is 0.459. The fourth-order valence-corrected chi connectivity index (χ4v) is 1.05. The summed E-state index contributed by atoms with van der Waals surface area (Å²) in [5.74, 6) is 0. The molecule has 0 atom stereocenters. The van der Waals surface area contributed by atoms with Gasteiger partial charge in [0.25, 0.3) is 0 Å². The van der Waals surface area contributed by atoms with Crippen molar-refractivity contribution in [1.29, 1.82) is 0 Å². The molecule has 2 rings (SSSR count). The molecule has 0 amide bonds. The lowest BCUT2D eigenvalue weighted by Crippen LogP contribution is -1.84. The Morgan fingerprint density at radius 3 is 3.22 bits per heavy atom. The molecule has 1 heteroatoms. The molecule has 0 saturated carbocycles. The maximum Gasteiger partial charge on any atom is 0.0665 e. The van der Waals surface area contributed by atoms with Crippen LogP contribution in [0.4, 0.5) is 0 Å². The Morgan fingerprint density at radius 2 is 2.33 bits per heavy atom. The smallest absolute Gasteiger partial charge is 0.0665 e. The predicted molar refractivity (Wildman–Crippen MR) is 38.4 cm³/mol. The number of fused-ring (bicyclic) bond motifs is 1. The van der Waals surface area contributed by atoms with E-state index in [4.69, 9.17) is 0 Å². The third kappa shape index (κ3) is 0.653. The molecular weight excluding hydrogens is 110 g/mol. The van der Waals surface area contributed by atoms with Crippen molar-refractivity contribution in [2.24, 2.45) is 4.99 Å². The molecule has 0 bridgehead atoms. The maximum atomic E-state index is 4.15. The molecule has 0 fully saturated rings. The number of hydrogen-bond donors (Lipinski definition) is 0. The van der Waals surface area contributed by atoms with E-state index in [1.165, 1.54) is 5.57 Å². The zero-order valence-corrected chi connectivity index (χ0v) is 5.04. The lowest BCUT2D eigenvalue weighted by molar-refractivity contribution is 1.18. The number of hydrogen-bond acceptors (Lipinski definition) is 1. The normalized spacial score (nSPS) is 21.3. The molecule has 1 aliphatic carbocycles. The number of aliphatic imine (C=N–C) groups is 1. The first-order valence-electron chi connectivity index (χ1n) is 3.07. The molecule has 0 spiro atoms. The van der Waals surface area contributed by atoms with Crippen LogP contribution in [-0.4, -0.2) is 6.21 Å². The van der Waals surface area contributed by atoms with Gasteiger partial charge in [-0.25, -0.2) is 0 Å². The van der Waals surface area contributed by atoms with Crippen LogP contribution in [0.1, 0.15) is 6.42 Å². The standard InChI is InChI=1S/C8H7N/c1-2-4-8-7(3-1)5-6-9-8/h1-2,4-6H,3H2. The van der Waals surface area contributed by atoms with Crippen LogP contribution in [0.25, 0.3) is 0 Å². The van der Waals surface area contributed by atoms with Crippen molar-refractivity contribution in [3.8, 4) is 0 Å². The first-order valence-corrected chi connectivity index (χ1v) is 3.07. The Kier molecular flexibility index (Phi) is 0.890. The zero-order valence-electron chi connectivity index (χ0n) is 5.04. The second kappa shape index (κ2) is 1.69. The Hall–Kier alpha value is -1.11. The highest BCUT2D eigenvalue weighted by Crippen LogP contribution is 2.22. The van der Waals surface area contributed by atoms with Gasteiger partial charge in [0.15, 0.2) is 0 Å². The molecular formula is C8H7N. The molecule has 0 radical (unpaired) electrons. The molecule has 0 aromatic carbocycles. The number of nitrogens with zero attached hydrogens (tertiary/aromatic N) is 1. The first kappa shape index (κ1) is 4.74. The van der Waals surface area contributed by atoms with Crippen molar-refractivity contribution in [3.63, 3.8) is 0 Å². The summed E-state index contributed by atoms with van der Waals surface area (Å²) in [6, 6.07) is 0. The third-order valence-electron chi connectivity index (χ3n) is 1.55. The molecule has 0 aromatic rings. The van der Waals surface area contributed by atoms with E-state index in [9.17, 15) is 0 Å². The van der Waals surface area contributed by atoms with Crippen molar-refractivity contribution in [2.75, 3.05) is 0 Å². The minimum absolute atomic E-state index is 1.05. The Labute approximate surface area is 54.1 Å². The molecule has 0 saturated heterocycles. The summed E-state index contributed by atoms with van der Waals surface area (Å²) >= 11 is 0. The zero-order chi connectivity index (χ0) is 6.10. The van der Waals surface area contributed by atoms with Gasteiger partial charge in [0.1, 0.15) is 0 Å². The van der Waals surface area contributed by atoms with E-state index < -0.39 is 0 Å². The van der Waals surface area contributed by atoms with Gasteiger partial charge < -0.3 is 0 Å². The number of allylic oxidation sites excluding steroid dienone is 5. The average molecular weight is 117 g/mol. The third-order valence-corrected chi connectivity index (χ3v) is 1.55. The molecule has 2 aliphatic rings. The predicted octanol–water partition coefficient (Wildman–Crippen LogP) is 1.84. The van der Waals surface area contributed by atoms with Gasteiger partial charge in [0.05, 0.1) is 5.70 Å². The van der Waals surface area contributed by atoms with Crippen LogP contribution in [0.2, 0.25) is 0 Å². The van der Waals surface area contributed by atoms with Gasteiger partial charge in [-0.15, -0.1) is 0 Å². The summed E-state index contributed by atoms with van der Waals surface area (Å²) in [7, 11) is 0. The van der Waals surface area contributed by atoms with E-state index in [1.807, 2.05) is 12.3 Å². The maximum absolute atomic E-state index is 4.15. The van der Waals surface area contributed by atoms with Gasteiger partial charge in [-0.2, -0.15) is 0 Å². The lowest BCUT2D eigenvalue weighted by Gasteiger charge is -2.01. The van der Waals surface area contributed by atoms with Crippen LogP contribution in [0.5, 0.6) is 0 Å². The van der Waals surface area contributed by atoms with Crippen molar-refractivity contribution in [1.82, 2.24) is 0 Å². The summed E-state index contributed by atoms with van der Waals surface area (Å²) in [5, 5.41) is 0. The fraction of sp³-hybridized carbons (Fsp3) is 0.125. The molecule has 1 aliphatic heterocycles. The minimum atomic E-state index is 1.05. The molecule has 44 valence electrons. The van der Waals surface area contributed by atoms with Crippen LogP contribution in [0.3, 0.4) is 0 Å². The molecule has 0 N–H and O–H groups in total. The lowest BCUT2D eigenvalue weighted by atomic mass is 10.1. The van der Waals surface area contributed by atoms with Gasteiger partial charge in [-0.3, -0.25) is 4.99 Å². The van der Waals surface area contributed by atoms with Gasteiger partial charge in [-0.05, 0) is 24.1 Å². The fourth-order valence-electron chi connectivity index (χ4n) is 1.05. The topological polar surface area (TPSA) is 12.4 Å². The Bertz CT molecular complexity index is 241. The summed E-state index contributed by atoms with van der Waals surface area (Å²) in [6.45, 7) is 0. The van der Waals surface area contributed by atoms with E-state index in [-0.39, 0.29) is 0 Å². The van der Waals surface area contributed by atoms with Crippen molar-refractivity contribution >= 4 is 6.21 Å². The average Bonchev–Trinajstić information content (AvgIpc) is 2.33. The van der Waals surface area contributed by atoms with Crippen molar-refractivity contribution in [3.05, 3.63) is 35.6 Å². The summed E-state index contributed by atoms with van der Waals surface area (Å²) in [6.07, 6.45) is 11.2. The van der Waals surface area contributed by atoms with Gasteiger partial charge in [0, 0.05) is 6.21 Å². The van der Waals surface area contributed by atoms with E-state index >= 15 is 0 Å². The largest absolute Gasteiger partial charge is 0.257 e. The highest BCUT2D eigenvalue weighted by atomic mass is 14.8. The van der Waals surface area contributed by atoms with Crippen LogP contribution in [0, 0.1) is 0 Å². The van der Waals surface area contributed by atoms with E-state index in [2.05, 4.69) is 23.2 Å². The van der Waals surface area contributed by atoms with Crippen LogP contribution in [0.15, 0.2) is 40.6 Å². The van der Waals surface area contributed by atoms with E-state index in [0.717, 1.165) is 12.1 Å². The molecule has 0 unspecified atom stereocenters. The Morgan fingerprint density at radius 1 is 1.33 bits per heavy atom. The van der Waals surface area contributed by atoms with Crippen LogP contribution in [-0.2, 0) is 0 Å². The molecule has 9 heavy (non-hydrogen) atoms. The second-order valence-corrected chi connectivity index (χ2v) is 2.15. The summed E-state index contributed by atoms with van der Waals surface area (Å²) < 4.78 is 0. The SMILES string of the molecule is C1=CCC2=CC=NC2=C1. The summed E-state index contributed by atoms with van der Waals surface area (Å²) in [4.78, 5) is 4.15. The van der Waals surface area contributed by atoms with Gasteiger partial charge >= 0.3 is 0 Å². The van der Waals surface area contributed by atoms with Crippen molar-refractivity contribution in [2.45, 2.75) is 6.42 Å². The molecule has 0 aromatic heterocycles. The summed E-state index contributed by atoms with van der Waals surface area (Å²) in [5.41, 5.74) is 2.48. The van der Waals surface area contributed by atoms with Gasteiger partial charge in [-0.1, -0.05) is 12.2 Å². The minimum Gasteiger partial charge on any atom is -0.257 e. The second-order valence-electron chi connectivity index (χ2n) is 2.15. The molecule has 1 heterocycles. The van der Waals surface area contributed by atoms with Crippen LogP contribution >= 0.6 is 0 Å². The van der Waals surface area contributed by atoms with E-state index in [0.29, 0.717) is 0 Å². The highest BCUT2D eigenvalue weighted by molar-refractivity contribution is 5.80. The number of rotatable bonds is 0.